The van der Waals surface area contributed by atoms with Gasteiger partial charge in [-0.05, 0) is 37.1 Å². The largest absolute Gasteiger partial charge is 0.439 e. The predicted molar refractivity (Wildman–Crippen MR) is 117 cm³/mol. The minimum atomic E-state index is -0.508. The number of carbonyl (C=O) groups excluding carboxylic acids is 1. The van der Waals surface area contributed by atoms with Gasteiger partial charge in [0.25, 0.3) is 5.91 Å². The van der Waals surface area contributed by atoms with Crippen molar-refractivity contribution in [2.24, 2.45) is 0 Å². The molecule has 1 fully saturated rings. The number of halogens is 2. The van der Waals surface area contributed by atoms with Crippen molar-refractivity contribution < 1.29 is 13.9 Å². The zero-order valence-corrected chi connectivity index (χ0v) is 17.8. The van der Waals surface area contributed by atoms with E-state index in [0.717, 1.165) is 24.1 Å². The third-order valence-corrected chi connectivity index (χ3v) is 5.51. The van der Waals surface area contributed by atoms with Gasteiger partial charge in [0, 0.05) is 43.9 Å². The summed E-state index contributed by atoms with van der Waals surface area (Å²) in [6.45, 7) is 4.65. The summed E-state index contributed by atoms with van der Waals surface area (Å²) in [6.07, 6.45) is 2.25. The van der Waals surface area contributed by atoms with E-state index in [-0.39, 0.29) is 10.9 Å². The first kappa shape index (κ1) is 21.1. The zero-order chi connectivity index (χ0) is 21.8. The molecule has 3 aromatic rings. The van der Waals surface area contributed by atoms with E-state index >= 15 is 0 Å². The molecule has 8 heteroatoms. The van der Waals surface area contributed by atoms with Gasteiger partial charge in [0.05, 0.1) is 5.02 Å². The van der Waals surface area contributed by atoms with Crippen molar-refractivity contribution in [1.29, 1.82) is 0 Å². The van der Waals surface area contributed by atoms with Crippen molar-refractivity contribution in [2.45, 2.75) is 13.3 Å². The van der Waals surface area contributed by atoms with Gasteiger partial charge in [0.2, 0.25) is 5.88 Å². The standard InChI is InChI=1S/C23H22ClFN4O2/c1-16-5-2-3-6-18(16)23(30)29-10-4-9-28(11-12-29)21-14-22(27-15-26-21)31-17-7-8-20(25)19(24)13-17/h2-3,5-8,13-15H,4,9-12H2,1H3. The Morgan fingerprint density at radius 1 is 1.06 bits per heavy atom. The predicted octanol–water partition coefficient (Wildman–Crippen LogP) is 4.72. The fourth-order valence-corrected chi connectivity index (χ4v) is 3.72. The third kappa shape index (κ3) is 4.94. The van der Waals surface area contributed by atoms with E-state index in [1.165, 1.54) is 24.5 Å². The first-order chi connectivity index (χ1) is 15.0. The molecule has 0 bridgehead atoms. The molecule has 1 saturated heterocycles. The van der Waals surface area contributed by atoms with Crippen molar-refractivity contribution >= 4 is 23.3 Å². The molecule has 1 aliphatic rings. The maximum absolute atomic E-state index is 13.4. The fourth-order valence-electron chi connectivity index (χ4n) is 3.55. The topological polar surface area (TPSA) is 58.6 Å². The summed E-state index contributed by atoms with van der Waals surface area (Å²) in [6, 6.07) is 13.5. The minimum absolute atomic E-state index is 0.0160. The number of ether oxygens (including phenoxy) is 1. The van der Waals surface area contributed by atoms with Gasteiger partial charge in [-0.15, -0.1) is 0 Å². The second kappa shape index (κ2) is 9.31. The minimum Gasteiger partial charge on any atom is -0.439 e. The van der Waals surface area contributed by atoms with Gasteiger partial charge in [-0.2, -0.15) is 0 Å². The molecule has 0 unspecified atom stereocenters. The van der Waals surface area contributed by atoms with Gasteiger partial charge in [0.15, 0.2) is 0 Å². The van der Waals surface area contributed by atoms with E-state index in [9.17, 15) is 9.18 Å². The number of aryl methyl sites for hydroxylation is 1. The summed E-state index contributed by atoms with van der Waals surface area (Å²) in [5.41, 5.74) is 1.72. The van der Waals surface area contributed by atoms with Crippen molar-refractivity contribution in [3.8, 4) is 11.6 Å². The van der Waals surface area contributed by atoms with Crippen LogP contribution in [0.3, 0.4) is 0 Å². The molecule has 6 nitrogen and oxygen atoms in total. The van der Waals surface area contributed by atoms with Crippen molar-refractivity contribution in [3.63, 3.8) is 0 Å². The summed E-state index contributed by atoms with van der Waals surface area (Å²) in [5.74, 6) is 0.988. The average Bonchev–Trinajstić information content (AvgIpc) is 3.03. The highest BCUT2D eigenvalue weighted by Crippen LogP contribution is 2.26. The lowest BCUT2D eigenvalue weighted by Crippen LogP contribution is -2.35. The second-order valence-electron chi connectivity index (χ2n) is 7.34. The highest BCUT2D eigenvalue weighted by atomic mass is 35.5. The summed E-state index contributed by atoms with van der Waals surface area (Å²) >= 11 is 5.82. The van der Waals surface area contributed by atoms with Crippen LogP contribution in [0.25, 0.3) is 0 Å². The van der Waals surface area contributed by atoms with Crippen molar-refractivity contribution in [3.05, 3.63) is 76.8 Å². The van der Waals surface area contributed by atoms with Crippen LogP contribution < -0.4 is 9.64 Å². The summed E-state index contributed by atoms with van der Waals surface area (Å²) in [4.78, 5) is 25.5. The maximum Gasteiger partial charge on any atom is 0.254 e. The van der Waals surface area contributed by atoms with Crippen LogP contribution in [0.2, 0.25) is 5.02 Å². The monoisotopic (exact) mass is 440 g/mol. The Bertz CT molecular complexity index is 1090. The molecule has 2 aromatic carbocycles. The van der Waals surface area contributed by atoms with E-state index in [1.807, 2.05) is 36.1 Å². The Kier molecular flexibility index (Phi) is 6.32. The number of hydrogen-bond acceptors (Lipinski definition) is 5. The van der Waals surface area contributed by atoms with Crippen molar-refractivity contribution in [2.75, 3.05) is 31.1 Å². The number of carbonyl (C=O) groups is 1. The Labute approximate surface area is 185 Å². The molecular formula is C23H22ClFN4O2. The molecule has 0 spiro atoms. The van der Waals surface area contributed by atoms with Crippen LogP contribution in [-0.4, -0.2) is 47.0 Å². The van der Waals surface area contributed by atoms with Gasteiger partial charge in [0.1, 0.15) is 23.7 Å². The molecule has 0 N–H and O–H groups in total. The molecule has 1 aromatic heterocycles. The van der Waals surface area contributed by atoms with Crippen LogP contribution in [0, 0.1) is 12.7 Å². The van der Waals surface area contributed by atoms with Crippen LogP contribution in [0.15, 0.2) is 54.9 Å². The molecule has 0 saturated carbocycles. The Morgan fingerprint density at radius 2 is 1.90 bits per heavy atom. The molecule has 0 aliphatic carbocycles. The average molecular weight is 441 g/mol. The zero-order valence-electron chi connectivity index (χ0n) is 17.1. The lowest BCUT2D eigenvalue weighted by Gasteiger charge is -2.23. The number of aromatic nitrogens is 2. The number of hydrogen-bond donors (Lipinski definition) is 0. The molecule has 0 atom stereocenters. The number of amides is 1. The first-order valence-electron chi connectivity index (χ1n) is 10.1. The Morgan fingerprint density at radius 3 is 2.71 bits per heavy atom. The van der Waals surface area contributed by atoms with Crippen LogP contribution >= 0.6 is 11.6 Å². The van der Waals surface area contributed by atoms with Crippen LogP contribution in [0.1, 0.15) is 22.3 Å². The van der Waals surface area contributed by atoms with E-state index in [4.69, 9.17) is 16.3 Å². The lowest BCUT2D eigenvalue weighted by molar-refractivity contribution is 0.0766. The molecule has 2 heterocycles. The smallest absolute Gasteiger partial charge is 0.254 e. The van der Waals surface area contributed by atoms with E-state index in [1.54, 1.807) is 6.07 Å². The SMILES string of the molecule is Cc1ccccc1C(=O)N1CCCN(c2cc(Oc3ccc(F)c(Cl)c3)ncn2)CC1. The molecule has 0 radical (unpaired) electrons. The number of rotatable bonds is 4. The third-order valence-electron chi connectivity index (χ3n) is 5.22. The Hall–Kier alpha value is -3.19. The molecule has 160 valence electrons. The van der Waals surface area contributed by atoms with Crippen molar-refractivity contribution in [1.82, 2.24) is 14.9 Å². The number of anilines is 1. The molecule has 1 amide bonds. The van der Waals surface area contributed by atoms with Gasteiger partial charge >= 0.3 is 0 Å². The van der Waals surface area contributed by atoms with Crippen LogP contribution in [0.4, 0.5) is 10.2 Å². The van der Waals surface area contributed by atoms with Gasteiger partial charge < -0.3 is 14.5 Å². The highest BCUT2D eigenvalue weighted by Gasteiger charge is 2.22. The summed E-state index contributed by atoms with van der Waals surface area (Å²) < 4.78 is 19.1. The second-order valence-corrected chi connectivity index (χ2v) is 7.75. The number of nitrogens with zero attached hydrogens (tertiary/aromatic N) is 4. The summed E-state index contributed by atoms with van der Waals surface area (Å²) in [7, 11) is 0. The van der Waals surface area contributed by atoms with Gasteiger partial charge in [-0.25, -0.2) is 14.4 Å². The Balaban J connectivity index is 1.44. The molecular weight excluding hydrogens is 419 g/mol. The fraction of sp³-hybridized carbons (Fsp3) is 0.261. The van der Waals surface area contributed by atoms with Gasteiger partial charge in [-0.3, -0.25) is 4.79 Å². The lowest BCUT2D eigenvalue weighted by atomic mass is 10.1. The maximum atomic E-state index is 13.4. The van der Waals surface area contributed by atoms with Gasteiger partial charge in [-0.1, -0.05) is 29.8 Å². The number of benzene rings is 2. The molecule has 4 rings (SSSR count). The molecule has 31 heavy (non-hydrogen) atoms. The van der Waals surface area contributed by atoms with E-state index < -0.39 is 5.82 Å². The normalized spacial score (nSPS) is 14.3. The molecule has 1 aliphatic heterocycles. The van der Waals surface area contributed by atoms with Crippen LogP contribution in [-0.2, 0) is 0 Å². The highest BCUT2D eigenvalue weighted by molar-refractivity contribution is 6.30. The van der Waals surface area contributed by atoms with E-state index in [0.29, 0.717) is 37.1 Å². The van der Waals surface area contributed by atoms with Crippen LogP contribution in [0.5, 0.6) is 11.6 Å². The quantitative estimate of drug-likeness (QED) is 0.587. The first-order valence-corrected chi connectivity index (χ1v) is 10.4. The van der Waals surface area contributed by atoms with E-state index in [2.05, 4.69) is 14.9 Å². The summed E-state index contributed by atoms with van der Waals surface area (Å²) in [5, 5.41) is -0.0160.